The third-order valence-corrected chi connectivity index (χ3v) is 2.67. The van der Waals surface area contributed by atoms with Crippen LogP contribution in [0.2, 0.25) is 0 Å². The Morgan fingerprint density at radius 1 is 1.53 bits per heavy atom. The molecule has 3 N–H and O–H groups in total. The molecule has 6 heteroatoms. The molecule has 0 aliphatic carbocycles. The first-order valence-corrected chi connectivity index (χ1v) is 5.92. The number of nitrogens with zero attached hydrogens (tertiary/aromatic N) is 1. The highest BCUT2D eigenvalue weighted by Crippen LogP contribution is 2.08. The normalized spacial score (nSPS) is 20.6. The lowest BCUT2D eigenvalue weighted by Crippen LogP contribution is -2.55. The molecule has 2 amide bonds. The van der Waals surface area contributed by atoms with Crippen molar-refractivity contribution in [1.82, 2.24) is 10.2 Å². The van der Waals surface area contributed by atoms with Gasteiger partial charge in [-0.1, -0.05) is 13.8 Å². The van der Waals surface area contributed by atoms with Gasteiger partial charge >= 0.3 is 0 Å². The third-order valence-electron chi connectivity index (χ3n) is 2.67. The van der Waals surface area contributed by atoms with Crippen molar-refractivity contribution < 1.29 is 14.3 Å². The lowest BCUT2D eigenvalue weighted by Gasteiger charge is -2.33. The highest BCUT2D eigenvalue weighted by molar-refractivity contribution is 5.87. The molecular formula is C11H21N3O3. The molecule has 1 aliphatic rings. The van der Waals surface area contributed by atoms with Crippen LogP contribution in [-0.2, 0) is 14.3 Å². The highest BCUT2D eigenvalue weighted by atomic mass is 16.5. The van der Waals surface area contributed by atoms with E-state index in [1.54, 1.807) is 0 Å². The van der Waals surface area contributed by atoms with E-state index in [-0.39, 0.29) is 12.5 Å². The minimum absolute atomic E-state index is 0.0507. The fourth-order valence-corrected chi connectivity index (χ4v) is 1.75. The summed E-state index contributed by atoms with van der Waals surface area (Å²) in [5, 5.41) is 3.16. The van der Waals surface area contributed by atoms with Crippen molar-refractivity contribution in [3.63, 3.8) is 0 Å². The molecule has 6 nitrogen and oxygen atoms in total. The predicted octanol–water partition coefficient (Wildman–Crippen LogP) is -0.913. The van der Waals surface area contributed by atoms with E-state index in [9.17, 15) is 9.59 Å². The zero-order valence-electron chi connectivity index (χ0n) is 10.4. The summed E-state index contributed by atoms with van der Waals surface area (Å²) in [6.07, 6.45) is 0.377. The fraction of sp³-hybridized carbons (Fsp3) is 0.818. The van der Waals surface area contributed by atoms with Crippen LogP contribution in [0.3, 0.4) is 0 Å². The van der Waals surface area contributed by atoms with Crippen LogP contribution in [-0.4, -0.2) is 55.1 Å². The quantitative estimate of drug-likeness (QED) is 0.654. The van der Waals surface area contributed by atoms with Gasteiger partial charge in [0.05, 0.1) is 13.2 Å². The molecular weight excluding hydrogens is 222 g/mol. The molecule has 17 heavy (non-hydrogen) atoms. The van der Waals surface area contributed by atoms with Gasteiger partial charge < -0.3 is 20.7 Å². The predicted molar refractivity (Wildman–Crippen MR) is 63.3 cm³/mol. The molecule has 0 bridgehead atoms. The van der Waals surface area contributed by atoms with Gasteiger partial charge in [-0.3, -0.25) is 9.59 Å². The summed E-state index contributed by atoms with van der Waals surface area (Å²) >= 11 is 0. The molecule has 0 aromatic carbocycles. The maximum Gasteiger partial charge on any atom is 0.242 e. The number of amides is 2. The van der Waals surface area contributed by atoms with Crippen molar-refractivity contribution in [2.45, 2.75) is 32.4 Å². The molecule has 98 valence electrons. The number of ether oxygens (including phenoxy) is 1. The van der Waals surface area contributed by atoms with Gasteiger partial charge in [-0.05, 0) is 0 Å². The topological polar surface area (TPSA) is 84.7 Å². The molecule has 0 saturated carbocycles. The number of hydrogen-bond acceptors (Lipinski definition) is 4. The van der Waals surface area contributed by atoms with Crippen molar-refractivity contribution in [1.29, 1.82) is 0 Å². The molecule has 1 atom stereocenters. The van der Waals surface area contributed by atoms with Gasteiger partial charge in [0, 0.05) is 25.6 Å². The molecule has 0 aromatic rings. The number of nitrogens with two attached hydrogens (primary N) is 1. The summed E-state index contributed by atoms with van der Waals surface area (Å²) < 4.78 is 5.16. The largest absolute Gasteiger partial charge is 0.377 e. The van der Waals surface area contributed by atoms with Gasteiger partial charge in [-0.25, -0.2) is 0 Å². The smallest absolute Gasteiger partial charge is 0.242 e. The fourth-order valence-electron chi connectivity index (χ4n) is 1.75. The zero-order valence-corrected chi connectivity index (χ0v) is 10.4. The van der Waals surface area contributed by atoms with E-state index >= 15 is 0 Å². The van der Waals surface area contributed by atoms with Crippen molar-refractivity contribution in [2.75, 3.05) is 26.3 Å². The minimum Gasteiger partial charge on any atom is -0.377 e. The maximum atomic E-state index is 11.9. The second-order valence-corrected chi connectivity index (χ2v) is 4.44. The van der Waals surface area contributed by atoms with E-state index in [2.05, 4.69) is 5.32 Å². The van der Waals surface area contributed by atoms with Crippen LogP contribution in [0.4, 0.5) is 0 Å². The Balaban J connectivity index is 2.45. The van der Waals surface area contributed by atoms with Crippen molar-refractivity contribution >= 4 is 11.8 Å². The highest BCUT2D eigenvalue weighted by Gasteiger charge is 2.30. The lowest BCUT2D eigenvalue weighted by atomic mass is 10.2. The number of rotatable bonds is 5. The molecule has 0 aromatic heterocycles. The number of morpholine rings is 1. The second kappa shape index (κ2) is 6.56. The molecule has 1 fully saturated rings. The number of carbonyl (C=O) groups is 2. The summed E-state index contributed by atoms with van der Waals surface area (Å²) in [5.41, 5.74) is 5.24. The Morgan fingerprint density at radius 2 is 2.24 bits per heavy atom. The van der Waals surface area contributed by atoms with Crippen LogP contribution in [0, 0.1) is 0 Å². The summed E-state index contributed by atoms with van der Waals surface area (Å²) in [6.45, 7) is 5.76. The summed E-state index contributed by atoms with van der Waals surface area (Å²) in [4.78, 5) is 24.6. The maximum absolute atomic E-state index is 11.9. The van der Waals surface area contributed by atoms with Crippen LogP contribution in [0.1, 0.15) is 20.3 Å². The first kappa shape index (κ1) is 13.9. The molecule has 0 spiro atoms. The number of hydrogen-bond donors (Lipinski definition) is 2. The van der Waals surface area contributed by atoms with E-state index in [1.165, 1.54) is 4.90 Å². The van der Waals surface area contributed by atoms with Crippen LogP contribution < -0.4 is 11.1 Å². The standard InChI is InChI=1S/C11H21N3O3/c1-8(2)13-4-3-10(15)14-5-6-17-7-9(14)11(12)16/h8-9,13H,3-7H2,1-2H3,(H2,12,16). The van der Waals surface area contributed by atoms with Crippen molar-refractivity contribution in [3.05, 3.63) is 0 Å². The Labute approximate surface area is 101 Å². The Morgan fingerprint density at radius 3 is 2.82 bits per heavy atom. The first-order chi connectivity index (χ1) is 8.02. The van der Waals surface area contributed by atoms with E-state index < -0.39 is 11.9 Å². The van der Waals surface area contributed by atoms with Crippen LogP contribution >= 0.6 is 0 Å². The number of carbonyl (C=O) groups excluding carboxylic acids is 2. The second-order valence-electron chi connectivity index (χ2n) is 4.44. The number of primary amides is 1. The van der Waals surface area contributed by atoms with Gasteiger partial charge in [-0.15, -0.1) is 0 Å². The van der Waals surface area contributed by atoms with Crippen LogP contribution in [0.15, 0.2) is 0 Å². The van der Waals surface area contributed by atoms with Gasteiger partial charge in [0.25, 0.3) is 0 Å². The van der Waals surface area contributed by atoms with E-state index in [4.69, 9.17) is 10.5 Å². The number of nitrogens with one attached hydrogen (secondary N) is 1. The first-order valence-electron chi connectivity index (χ1n) is 5.92. The zero-order chi connectivity index (χ0) is 12.8. The van der Waals surface area contributed by atoms with E-state index in [0.717, 1.165) is 0 Å². The molecule has 0 radical (unpaired) electrons. The monoisotopic (exact) mass is 243 g/mol. The summed E-state index contributed by atoms with van der Waals surface area (Å²) in [7, 11) is 0. The molecule has 1 saturated heterocycles. The molecule has 1 unspecified atom stereocenters. The SMILES string of the molecule is CC(C)NCCC(=O)N1CCOCC1C(N)=O. The van der Waals surface area contributed by atoms with Gasteiger partial charge in [0.1, 0.15) is 6.04 Å². The van der Waals surface area contributed by atoms with Gasteiger partial charge in [-0.2, -0.15) is 0 Å². The van der Waals surface area contributed by atoms with Crippen LogP contribution in [0.25, 0.3) is 0 Å². The Bertz CT molecular complexity index is 281. The van der Waals surface area contributed by atoms with Gasteiger partial charge in [0.15, 0.2) is 0 Å². The van der Waals surface area contributed by atoms with Crippen LogP contribution in [0.5, 0.6) is 0 Å². The summed E-state index contributed by atoms with van der Waals surface area (Å²) in [5.74, 6) is -0.555. The molecule has 1 heterocycles. The minimum atomic E-state index is -0.615. The van der Waals surface area contributed by atoms with E-state index in [1.807, 2.05) is 13.8 Å². The molecule has 1 rings (SSSR count). The van der Waals surface area contributed by atoms with Gasteiger partial charge in [0.2, 0.25) is 11.8 Å². The van der Waals surface area contributed by atoms with Crippen molar-refractivity contribution in [3.8, 4) is 0 Å². The van der Waals surface area contributed by atoms with E-state index in [0.29, 0.717) is 32.2 Å². The third kappa shape index (κ3) is 4.32. The average Bonchev–Trinajstić information content (AvgIpc) is 2.28. The Hall–Kier alpha value is -1.14. The average molecular weight is 243 g/mol. The molecule has 1 aliphatic heterocycles. The lowest BCUT2D eigenvalue weighted by molar-refractivity contribution is -0.147. The summed E-state index contributed by atoms with van der Waals surface area (Å²) in [6, 6.07) is -0.269. The Kier molecular flexibility index (Phi) is 5.37. The van der Waals surface area contributed by atoms with Crippen molar-refractivity contribution in [2.24, 2.45) is 5.73 Å².